The number of nitrogens with zero attached hydrogens (tertiary/aromatic N) is 1. The number of benzene rings is 2. The normalized spacial score (nSPS) is 17.1. The van der Waals surface area contributed by atoms with E-state index in [9.17, 15) is 9.90 Å². The molecule has 0 fully saturated rings. The molecule has 30 heavy (non-hydrogen) atoms. The van der Waals surface area contributed by atoms with Crippen LogP contribution < -0.4 is 9.47 Å². The molecule has 0 amide bonds. The molecular formula is C24H22ClNO4. The van der Waals surface area contributed by atoms with Gasteiger partial charge in [0, 0.05) is 5.39 Å². The number of hydrogen-bond acceptors (Lipinski definition) is 4. The van der Waals surface area contributed by atoms with Crippen LogP contribution in [-0.4, -0.2) is 30.3 Å². The summed E-state index contributed by atoms with van der Waals surface area (Å²) in [6, 6.07) is 11.1. The summed E-state index contributed by atoms with van der Waals surface area (Å²) in [7, 11) is 3.11. The molecule has 0 saturated carbocycles. The van der Waals surface area contributed by atoms with Crippen molar-refractivity contribution in [3.63, 3.8) is 0 Å². The van der Waals surface area contributed by atoms with Crippen LogP contribution in [0, 0.1) is 5.92 Å². The summed E-state index contributed by atoms with van der Waals surface area (Å²) in [6.45, 7) is 2.12. The Kier molecular flexibility index (Phi) is 5.39. The topological polar surface area (TPSA) is 68.7 Å². The second-order valence-corrected chi connectivity index (χ2v) is 7.96. The van der Waals surface area contributed by atoms with Crippen molar-refractivity contribution >= 4 is 40.1 Å². The zero-order valence-electron chi connectivity index (χ0n) is 17.0. The average molecular weight is 424 g/mol. The maximum absolute atomic E-state index is 12.2. The van der Waals surface area contributed by atoms with Gasteiger partial charge in [0.15, 0.2) is 11.5 Å². The summed E-state index contributed by atoms with van der Waals surface area (Å²) in [6.07, 6.45) is 3.48. The van der Waals surface area contributed by atoms with E-state index in [1.54, 1.807) is 14.2 Å². The number of carboxylic acid groups (broad SMARTS) is 1. The predicted molar refractivity (Wildman–Crippen MR) is 119 cm³/mol. The highest BCUT2D eigenvalue weighted by Gasteiger charge is 2.28. The number of fused-ring (bicyclic) bond motifs is 2. The van der Waals surface area contributed by atoms with Crippen molar-refractivity contribution in [2.24, 2.45) is 5.92 Å². The van der Waals surface area contributed by atoms with Crippen molar-refractivity contribution in [2.45, 2.75) is 19.8 Å². The molecule has 0 saturated heterocycles. The van der Waals surface area contributed by atoms with Crippen molar-refractivity contribution in [3.05, 3.63) is 63.8 Å². The lowest BCUT2D eigenvalue weighted by molar-refractivity contribution is 0.0697. The Morgan fingerprint density at radius 2 is 1.97 bits per heavy atom. The zero-order chi connectivity index (χ0) is 21.4. The Hall–Kier alpha value is -3.05. The molecule has 2 aromatic carbocycles. The van der Waals surface area contributed by atoms with Gasteiger partial charge in [0.1, 0.15) is 0 Å². The van der Waals surface area contributed by atoms with Crippen LogP contribution in [0.4, 0.5) is 0 Å². The molecule has 1 aliphatic rings. The molecule has 1 atom stereocenters. The number of pyridine rings is 1. The van der Waals surface area contributed by atoms with Gasteiger partial charge >= 0.3 is 5.97 Å². The van der Waals surface area contributed by atoms with E-state index in [0.29, 0.717) is 45.3 Å². The number of methoxy groups -OCH3 is 2. The standard InChI is InChI=1S/C24H22ClNO4/c1-13-8-15(10-14-11-18(25)23(30-3)20(12-14)29-2)22-17(9-13)21(24(27)28)16-6-4-5-7-19(16)26-22/h4-7,10-13H,8-9H2,1-3H3,(H,27,28)/b15-10-/t13-/m0/s1. The van der Waals surface area contributed by atoms with Gasteiger partial charge in [-0.1, -0.05) is 36.7 Å². The van der Waals surface area contributed by atoms with Gasteiger partial charge in [-0.3, -0.25) is 0 Å². The summed E-state index contributed by atoms with van der Waals surface area (Å²) in [4.78, 5) is 17.0. The lowest BCUT2D eigenvalue weighted by Gasteiger charge is -2.26. The third-order valence-electron chi connectivity index (χ3n) is 5.43. The zero-order valence-corrected chi connectivity index (χ0v) is 17.8. The molecule has 3 aromatic rings. The quantitative estimate of drug-likeness (QED) is 0.580. The summed E-state index contributed by atoms with van der Waals surface area (Å²) in [5, 5.41) is 11.1. The molecular weight excluding hydrogens is 402 g/mol. The number of aromatic nitrogens is 1. The summed E-state index contributed by atoms with van der Waals surface area (Å²) in [5.74, 6) is 0.391. The van der Waals surface area contributed by atoms with Crippen LogP contribution in [0.15, 0.2) is 36.4 Å². The minimum Gasteiger partial charge on any atom is -0.493 e. The highest BCUT2D eigenvalue weighted by molar-refractivity contribution is 6.32. The molecule has 0 unspecified atom stereocenters. The monoisotopic (exact) mass is 423 g/mol. The highest BCUT2D eigenvalue weighted by atomic mass is 35.5. The molecule has 1 heterocycles. The molecule has 6 heteroatoms. The van der Waals surface area contributed by atoms with Crippen molar-refractivity contribution in [1.29, 1.82) is 0 Å². The second kappa shape index (κ2) is 8.00. The van der Waals surface area contributed by atoms with Gasteiger partial charge in [-0.15, -0.1) is 0 Å². The van der Waals surface area contributed by atoms with Crippen LogP contribution in [0.25, 0.3) is 22.6 Å². The van der Waals surface area contributed by atoms with Crippen molar-refractivity contribution < 1.29 is 19.4 Å². The number of para-hydroxylation sites is 1. The van der Waals surface area contributed by atoms with E-state index in [4.69, 9.17) is 26.1 Å². The number of rotatable bonds is 4. The van der Waals surface area contributed by atoms with Crippen LogP contribution in [0.1, 0.15) is 40.5 Å². The van der Waals surface area contributed by atoms with Gasteiger partial charge in [0.25, 0.3) is 0 Å². The predicted octanol–water partition coefficient (Wildman–Crippen LogP) is 5.73. The van der Waals surface area contributed by atoms with E-state index in [2.05, 4.69) is 6.92 Å². The Bertz CT molecular complexity index is 1190. The lowest BCUT2D eigenvalue weighted by atomic mass is 9.80. The SMILES string of the molecule is COc1cc(/C=C2/C[C@H](C)Cc3c2nc2ccccc2c3C(=O)O)cc(Cl)c1OC. The van der Waals surface area contributed by atoms with Gasteiger partial charge in [-0.05, 0) is 59.7 Å². The van der Waals surface area contributed by atoms with E-state index in [-0.39, 0.29) is 0 Å². The first-order valence-electron chi connectivity index (χ1n) is 9.70. The van der Waals surface area contributed by atoms with Crippen molar-refractivity contribution in [1.82, 2.24) is 4.98 Å². The third-order valence-corrected chi connectivity index (χ3v) is 5.71. The molecule has 0 spiro atoms. The molecule has 1 aromatic heterocycles. The smallest absolute Gasteiger partial charge is 0.336 e. The Morgan fingerprint density at radius 3 is 2.67 bits per heavy atom. The Morgan fingerprint density at radius 1 is 1.20 bits per heavy atom. The summed E-state index contributed by atoms with van der Waals surface area (Å²) < 4.78 is 10.7. The maximum Gasteiger partial charge on any atom is 0.336 e. The van der Waals surface area contributed by atoms with Gasteiger partial charge in [0.2, 0.25) is 0 Å². The number of halogens is 1. The number of carbonyl (C=O) groups is 1. The molecule has 0 radical (unpaired) electrons. The molecule has 4 rings (SSSR count). The van der Waals surface area contributed by atoms with Gasteiger partial charge in [-0.25, -0.2) is 9.78 Å². The fourth-order valence-electron chi connectivity index (χ4n) is 4.20. The van der Waals surface area contributed by atoms with Crippen molar-refractivity contribution in [2.75, 3.05) is 14.2 Å². The number of ether oxygens (including phenoxy) is 2. The van der Waals surface area contributed by atoms with E-state index < -0.39 is 5.97 Å². The first-order valence-corrected chi connectivity index (χ1v) is 10.1. The van der Waals surface area contributed by atoms with Crippen LogP contribution in [0.5, 0.6) is 11.5 Å². The molecule has 1 N–H and O–H groups in total. The van der Waals surface area contributed by atoms with Crippen LogP contribution in [0.2, 0.25) is 5.02 Å². The minimum atomic E-state index is -0.924. The second-order valence-electron chi connectivity index (χ2n) is 7.56. The molecule has 154 valence electrons. The third kappa shape index (κ3) is 3.50. The van der Waals surface area contributed by atoms with Crippen LogP contribution in [0.3, 0.4) is 0 Å². The number of aromatic carboxylic acids is 1. The van der Waals surface area contributed by atoms with Crippen LogP contribution >= 0.6 is 11.6 Å². The fourth-order valence-corrected chi connectivity index (χ4v) is 4.50. The van der Waals surface area contributed by atoms with E-state index in [1.807, 2.05) is 42.5 Å². The Labute approximate surface area is 179 Å². The number of carboxylic acids is 1. The number of allylic oxidation sites excluding steroid dienone is 1. The summed E-state index contributed by atoms with van der Waals surface area (Å²) >= 11 is 6.38. The maximum atomic E-state index is 12.2. The first kappa shape index (κ1) is 20.2. The molecule has 0 bridgehead atoms. The minimum absolute atomic E-state index is 0.292. The van der Waals surface area contributed by atoms with Crippen LogP contribution in [-0.2, 0) is 6.42 Å². The van der Waals surface area contributed by atoms with E-state index >= 15 is 0 Å². The Balaban J connectivity index is 1.95. The first-order chi connectivity index (χ1) is 14.4. The molecule has 0 aliphatic heterocycles. The lowest BCUT2D eigenvalue weighted by Crippen LogP contribution is -2.17. The average Bonchev–Trinajstić information content (AvgIpc) is 2.71. The largest absolute Gasteiger partial charge is 0.493 e. The highest BCUT2D eigenvalue weighted by Crippen LogP contribution is 2.41. The molecule has 1 aliphatic carbocycles. The van der Waals surface area contributed by atoms with E-state index in [0.717, 1.165) is 28.8 Å². The van der Waals surface area contributed by atoms with Gasteiger partial charge < -0.3 is 14.6 Å². The van der Waals surface area contributed by atoms with E-state index in [1.165, 1.54) is 0 Å². The van der Waals surface area contributed by atoms with Gasteiger partial charge in [-0.2, -0.15) is 0 Å². The summed E-state index contributed by atoms with van der Waals surface area (Å²) in [5.41, 5.74) is 4.39. The number of hydrogen-bond donors (Lipinski definition) is 1. The van der Waals surface area contributed by atoms with Crippen molar-refractivity contribution in [3.8, 4) is 11.5 Å². The molecule has 5 nitrogen and oxygen atoms in total. The van der Waals surface area contributed by atoms with Gasteiger partial charge in [0.05, 0.1) is 36.0 Å². The fraction of sp³-hybridized carbons (Fsp3) is 0.250.